The Morgan fingerprint density at radius 1 is 1.45 bits per heavy atom. The van der Waals surface area contributed by atoms with Crippen LogP contribution in [0.5, 0.6) is 0 Å². The minimum absolute atomic E-state index is 0.160. The molecule has 0 saturated carbocycles. The predicted molar refractivity (Wildman–Crippen MR) is 42.4 cm³/mol. The normalized spacial score (nSPS) is 11.9. The summed E-state index contributed by atoms with van der Waals surface area (Å²) in [4.78, 5) is 0. The van der Waals surface area contributed by atoms with Gasteiger partial charge in [0.25, 0.3) is 0 Å². The van der Waals surface area contributed by atoms with E-state index in [9.17, 15) is 0 Å². The fraction of sp³-hybridized carbons (Fsp3) is 0.714. The fourth-order valence-electron chi connectivity index (χ4n) is 0.397. The van der Waals surface area contributed by atoms with Crippen LogP contribution in [0, 0.1) is 11.8 Å². The van der Waals surface area contributed by atoms with E-state index in [1.165, 1.54) is 0 Å². The average molecular weight is 179 g/mol. The Hall–Kier alpha value is -0.270. The van der Waals surface area contributed by atoms with Crippen molar-refractivity contribution < 1.29 is 14.9 Å². The molecule has 0 aliphatic heterocycles. The van der Waals surface area contributed by atoms with Gasteiger partial charge in [-0.25, -0.2) is 0 Å². The molecule has 0 saturated heterocycles. The highest BCUT2D eigenvalue weighted by Crippen LogP contribution is 1.87. The molecule has 64 valence electrons. The number of hydrogen-bond donors (Lipinski definition) is 2. The Bertz CT molecular complexity index is 138. The zero-order valence-corrected chi connectivity index (χ0v) is 6.84. The van der Waals surface area contributed by atoms with Gasteiger partial charge in [-0.3, -0.25) is 0 Å². The van der Waals surface area contributed by atoms with Crippen LogP contribution in [0.2, 0.25) is 0 Å². The first-order valence-corrected chi connectivity index (χ1v) is 3.73. The second-order valence-corrected chi connectivity index (χ2v) is 2.14. The number of hydrogen-bond acceptors (Lipinski definition) is 3. The second kappa shape index (κ2) is 7.83. The van der Waals surface area contributed by atoms with Crippen molar-refractivity contribution in [3.8, 4) is 11.8 Å². The summed E-state index contributed by atoms with van der Waals surface area (Å²) >= 11 is 5.29. The molecule has 0 aromatic carbocycles. The monoisotopic (exact) mass is 178 g/mol. The largest absolute Gasteiger partial charge is 0.389 e. The van der Waals surface area contributed by atoms with Gasteiger partial charge in [0.2, 0.25) is 0 Å². The summed E-state index contributed by atoms with van der Waals surface area (Å²) in [5.41, 5.74) is 0. The predicted octanol–water partition coefficient (Wildman–Crippen LogP) is -0.402. The van der Waals surface area contributed by atoms with Gasteiger partial charge >= 0.3 is 0 Å². The Kier molecular flexibility index (Phi) is 7.64. The van der Waals surface area contributed by atoms with E-state index in [4.69, 9.17) is 26.6 Å². The molecule has 0 aromatic rings. The molecule has 4 heteroatoms. The van der Waals surface area contributed by atoms with Gasteiger partial charge in [0.1, 0.15) is 13.2 Å². The maximum Gasteiger partial charge on any atom is 0.107 e. The van der Waals surface area contributed by atoms with Crippen molar-refractivity contribution in [3.63, 3.8) is 0 Å². The quantitative estimate of drug-likeness (QED) is 0.350. The van der Waals surface area contributed by atoms with Gasteiger partial charge < -0.3 is 14.9 Å². The summed E-state index contributed by atoms with van der Waals surface area (Å²) in [5, 5.41) is 17.1. The van der Waals surface area contributed by atoms with Crippen LogP contribution in [-0.2, 0) is 4.74 Å². The third-order valence-electron chi connectivity index (χ3n) is 0.867. The summed E-state index contributed by atoms with van der Waals surface area (Å²) < 4.78 is 4.87. The fourth-order valence-corrected chi connectivity index (χ4v) is 0.487. The Morgan fingerprint density at radius 2 is 2.18 bits per heavy atom. The van der Waals surface area contributed by atoms with Crippen LogP contribution in [-0.4, -0.2) is 42.0 Å². The molecule has 0 fully saturated rings. The van der Waals surface area contributed by atoms with Crippen molar-refractivity contribution >= 4 is 11.6 Å². The van der Waals surface area contributed by atoms with E-state index in [2.05, 4.69) is 11.8 Å². The van der Waals surface area contributed by atoms with E-state index in [1.807, 2.05) is 0 Å². The minimum atomic E-state index is -0.632. The van der Waals surface area contributed by atoms with Crippen molar-refractivity contribution in [1.82, 2.24) is 0 Å². The molecule has 0 bridgehead atoms. The molecule has 0 rings (SSSR count). The lowest BCUT2D eigenvalue weighted by molar-refractivity contribution is 0.0639. The van der Waals surface area contributed by atoms with E-state index in [0.717, 1.165) is 0 Å². The first kappa shape index (κ1) is 10.7. The number of rotatable bonds is 4. The summed E-state index contributed by atoms with van der Waals surface area (Å²) in [7, 11) is 0. The van der Waals surface area contributed by atoms with Crippen molar-refractivity contribution in [2.45, 2.75) is 6.10 Å². The van der Waals surface area contributed by atoms with Gasteiger partial charge in [-0.15, -0.1) is 11.6 Å². The number of aliphatic hydroxyl groups excluding tert-OH is 2. The highest BCUT2D eigenvalue weighted by molar-refractivity contribution is 6.18. The molecule has 0 heterocycles. The number of halogens is 1. The molecule has 0 aliphatic carbocycles. The average Bonchev–Trinajstić information content (AvgIpc) is 2.04. The molecule has 0 spiro atoms. The van der Waals surface area contributed by atoms with Crippen molar-refractivity contribution in [2.24, 2.45) is 0 Å². The van der Waals surface area contributed by atoms with Crippen LogP contribution in [0.15, 0.2) is 0 Å². The van der Waals surface area contributed by atoms with Crippen molar-refractivity contribution in [3.05, 3.63) is 0 Å². The molecule has 0 aliphatic rings. The lowest BCUT2D eigenvalue weighted by Gasteiger charge is -2.03. The molecule has 0 radical (unpaired) electrons. The first-order valence-electron chi connectivity index (χ1n) is 3.19. The highest BCUT2D eigenvalue weighted by Gasteiger charge is 1.99. The molecule has 0 aromatic heterocycles. The zero-order valence-electron chi connectivity index (χ0n) is 6.09. The lowest BCUT2D eigenvalue weighted by Crippen LogP contribution is -2.16. The van der Waals surface area contributed by atoms with E-state index in [0.29, 0.717) is 0 Å². The number of alkyl halides is 1. The second-order valence-electron chi connectivity index (χ2n) is 1.83. The Balaban J connectivity index is 3.14. The van der Waals surface area contributed by atoms with Gasteiger partial charge in [0.05, 0.1) is 18.6 Å². The number of ether oxygens (including phenoxy) is 1. The molecular weight excluding hydrogens is 168 g/mol. The van der Waals surface area contributed by atoms with E-state index in [1.54, 1.807) is 0 Å². The third-order valence-corrected chi connectivity index (χ3v) is 1.22. The summed E-state index contributed by atoms with van der Waals surface area (Å²) in [6.07, 6.45) is -0.632. The van der Waals surface area contributed by atoms with E-state index in [-0.39, 0.29) is 25.7 Å². The van der Waals surface area contributed by atoms with Gasteiger partial charge in [0.15, 0.2) is 0 Å². The SMILES string of the molecule is OCC#CCOC[C@H](O)CCl. The van der Waals surface area contributed by atoms with Crippen LogP contribution in [0.3, 0.4) is 0 Å². The first-order chi connectivity index (χ1) is 5.31. The van der Waals surface area contributed by atoms with Crippen LogP contribution in [0.4, 0.5) is 0 Å². The summed E-state index contributed by atoms with van der Waals surface area (Å²) in [6, 6.07) is 0. The van der Waals surface area contributed by atoms with Crippen LogP contribution >= 0.6 is 11.6 Å². The van der Waals surface area contributed by atoms with Crippen LogP contribution in [0.1, 0.15) is 0 Å². The van der Waals surface area contributed by atoms with Gasteiger partial charge in [0, 0.05) is 0 Å². The van der Waals surface area contributed by atoms with Crippen molar-refractivity contribution in [1.29, 1.82) is 0 Å². The van der Waals surface area contributed by atoms with Crippen molar-refractivity contribution in [2.75, 3.05) is 25.7 Å². The maximum absolute atomic E-state index is 8.86. The lowest BCUT2D eigenvalue weighted by atomic mass is 10.4. The zero-order chi connectivity index (χ0) is 8.53. The standard InChI is InChI=1S/C7H11ClO3/c8-5-7(10)6-11-4-2-1-3-9/h7,9-10H,3-6H2/t7-/m1/s1. The molecule has 11 heavy (non-hydrogen) atoms. The molecule has 3 nitrogen and oxygen atoms in total. The third kappa shape index (κ3) is 7.63. The maximum atomic E-state index is 8.86. The Morgan fingerprint density at radius 3 is 2.73 bits per heavy atom. The topological polar surface area (TPSA) is 49.7 Å². The Labute approximate surface area is 70.9 Å². The van der Waals surface area contributed by atoms with E-state index < -0.39 is 6.10 Å². The van der Waals surface area contributed by atoms with Gasteiger partial charge in [-0.1, -0.05) is 11.8 Å². The number of aliphatic hydroxyl groups is 2. The molecular formula is C7H11ClO3. The van der Waals surface area contributed by atoms with Crippen LogP contribution in [0.25, 0.3) is 0 Å². The molecule has 0 amide bonds. The summed E-state index contributed by atoms with van der Waals surface area (Å²) in [5.74, 6) is 5.10. The molecule has 1 atom stereocenters. The van der Waals surface area contributed by atoms with Gasteiger partial charge in [-0.2, -0.15) is 0 Å². The van der Waals surface area contributed by atoms with E-state index >= 15 is 0 Å². The minimum Gasteiger partial charge on any atom is -0.389 e. The summed E-state index contributed by atoms with van der Waals surface area (Å²) in [6.45, 7) is 0.236. The smallest absolute Gasteiger partial charge is 0.107 e. The van der Waals surface area contributed by atoms with Gasteiger partial charge in [-0.05, 0) is 0 Å². The molecule has 0 unspecified atom stereocenters. The highest BCUT2D eigenvalue weighted by atomic mass is 35.5. The molecule has 2 N–H and O–H groups in total. The van der Waals surface area contributed by atoms with Crippen LogP contribution < -0.4 is 0 Å².